The highest BCUT2D eigenvalue weighted by Crippen LogP contribution is 2.62. The molecule has 0 amide bonds. The van der Waals surface area contributed by atoms with Crippen molar-refractivity contribution in [1.82, 2.24) is 10.3 Å². The first-order valence-corrected chi connectivity index (χ1v) is 7.60. The van der Waals surface area contributed by atoms with Gasteiger partial charge in [-0.25, -0.2) is 0 Å². The van der Waals surface area contributed by atoms with Gasteiger partial charge in [0.15, 0.2) is 0 Å². The molecule has 2 heteroatoms. The summed E-state index contributed by atoms with van der Waals surface area (Å²) in [4.78, 5) is 4.49. The Hall–Kier alpha value is -0.890. The Labute approximate surface area is 117 Å². The SMILES string of the molecule is C[C@H](NC1C(C)(C)[C@H]2CC[C@]1(C)C2)c1ccccn1. The molecule has 1 aromatic heterocycles. The van der Waals surface area contributed by atoms with Crippen LogP contribution in [-0.2, 0) is 0 Å². The molecule has 1 heterocycles. The zero-order chi connectivity index (χ0) is 13.7. The molecule has 2 saturated carbocycles. The smallest absolute Gasteiger partial charge is 0.0570 e. The molecule has 2 bridgehead atoms. The summed E-state index contributed by atoms with van der Waals surface area (Å²) in [5.74, 6) is 0.894. The largest absolute Gasteiger partial charge is 0.305 e. The first-order chi connectivity index (χ1) is 8.93. The summed E-state index contributed by atoms with van der Waals surface area (Å²) in [7, 11) is 0. The van der Waals surface area contributed by atoms with Gasteiger partial charge in [0, 0.05) is 18.3 Å². The Kier molecular flexibility index (Phi) is 2.97. The maximum absolute atomic E-state index is 4.49. The van der Waals surface area contributed by atoms with Crippen LogP contribution in [0.1, 0.15) is 58.7 Å². The number of nitrogens with zero attached hydrogens (tertiary/aromatic N) is 1. The third-order valence-electron chi connectivity index (χ3n) is 5.82. The second kappa shape index (κ2) is 4.31. The van der Waals surface area contributed by atoms with Gasteiger partial charge in [-0.15, -0.1) is 0 Å². The Morgan fingerprint density at radius 2 is 2.11 bits per heavy atom. The molecule has 3 rings (SSSR count). The molecule has 1 unspecified atom stereocenters. The molecule has 1 N–H and O–H groups in total. The van der Waals surface area contributed by atoms with Crippen LogP contribution in [-0.4, -0.2) is 11.0 Å². The number of pyridine rings is 1. The van der Waals surface area contributed by atoms with Gasteiger partial charge in [-0.1, -0.05) is 26.8 Å². The summed E-state index contributed by atoms with van der Waals surface area (Å²) in [6.45, 7) is 9.62. The number of fused-ring (bicyclic) bond motifs is 2. The predicted molar refractivity (Wildman–Crippen MR) is 78.8 cm³/mol. The van der Waals surface area contributed by atoms with Crippen molar-refractivity contribution in [3.63, 3.8) is 0 Å². The van der Waals surface area contributed by atoms with Gasteiger partial charge in [0.1, 0.15) is 0 Å². The van der Waals surface area contributed by atoms with E-state index in [1.165, 1.54) is 19.3 Å². The van der Waals surface area contributed by atoms with Crippen LogP contribution in [0.5, 0.6) is 0 Å². The number of hydrogen-bond acceptors (Lipinski definition) is 2. The molecule has 4 atom stereocenters. The fourth-order valence-corrected chi connectivity index (χ4v) is 4.69. The maximum Gasteiger partial charge on any atom is 0.0570 e. The van der Waals surface area contributed by atoms with Crippen LogP contribution in [0, 0.1) is 16.7 Å². The molecule has 2 aliphatic rings. The van der Waals surface area contributed by atoms with E-state index in [2.05, 4.69) is 50.1 Å². The van der Waals surface area contributed by atoms with Gasteiger partial charge in [0.25, 0.3) is 0 Å². The number of nitrogens with one attached hydrogen (secondary N) is 1. The highest BCUT2D eigenvalue weighted by atomic mass is 15.0. The average molecular weight is 258 g/mol. The maximum atomic E-state index is 4.49. The van der Waals surface area contributed by atoms with E-state index in [-0.39, 0.29) is 0 Å². The molecule has 2 aliphatic carbocycles. The Morgan fingerprint density at radius 1 is 1.32 bits per heavy atom. The number of rotatable bonds is 3. The van der Waals surface area contributed by atoms with E-state index in [1.807, 2.05) is 12.3 Å². The summed E-state index contributed by atoms with van der Waals surface area (Å²) in [5, 5.41) is 3.89. The topological polar surface area (TPSA) is 24.9 Å². The minimum absolute atomic E-state index is 0.335. The molecule has 0 radical (unpaired) electrons. The van der Waals surface area contributed by atoms with E-state index >= 15 is 0 Å². The number of hydrogen-bond donors (Lipinski definition) is 1. The third kappa shape index (κ3) is 2.01. The zero-order valence-corrected chi connectivity index (χ0v) is 12.6. The third-order valence-corrected chi connectivity index (χ3v) is 5.82. The van der Waals surface area contributed by atoms with E-state index in [9.17, 15) is 0 Å². The molecule has 0 saturated heterocycles. The van der Waals surface area contributed by atoms with Crippen molar-refractivity contribution in [2.24, 2.45) is 16.7 Å². The lowest BCUT2D eigenvalue weighted by molar-refractivity contribution is 0.0998. The molecule has 2 nitrogen and oxygen atoms in total. The van der Waals surface area contributed by atoms with Crippen LogP contribution in [0.3, 0.4) is 0 Å². The van der Waals surface area contributed by atoms with Crippen molar-refractivity contribution in [2.75, 3.05) is 0 Å². The van der Waals surface area contributed by atoms with Crippen LogP contribution >= 0.6 is 0 Å². The molecule has 0 aromatic carbocycles. The lowest BCUT2D eigenvalue weighted by Gasteiger charge is -2.44. The van der Waals surface area contributed by atoms with E-state index in [1.54, 1.807) is 0 Å². The van der Waals surface area contributed by atoms with Gasteiger partial charge in [-0.3, -0.25) is 4.98 Å². The average Bonchev–Trinajstić information content (AvgIpc) is 2.87. The normalized spacial score (nSPS) is 37.5. The fraction of sp³-hybridized carbons (Fsp3) is 0.706. The lowest BCUT2D eigenvalue weighted by atomic mass is 9.68. The van der Waals surface area contributed by atoms with Crippen molar-refractivity contribution in [2.45, 2.75) is 59.0 Å². The molecule has 0 aliphatic heterocycles. The van der Waals surface area contributed by atoms with Gasteiger partial charge in [-0.05, 0) is 55.1 Å². The minimum atomic E-state index is 0.335. The van der Waals surface area contributed by atoms with Crippen molar-refractivity contribution < 1.29 is 0 Å². The predicted octanol–water partition coefficient (Wildman–Crippen LogP) is 3.95. The minimum Gasteiger partial charge on any atom is -0.305 e. The Morgan fingerprint density at radius 3 is 2.68 bits per heavy atom. The first kappa shape index (κ1) is 13.1. The van der Waals surface area contributed by atoms with E-state index in [0.717, 1.165) is 11.6 Å². The van der Waals surface area contributed by atoms with Crippen LogP contribution in [0.4, 0.5) is 0 Å². The second-order valence-corrected chi connectivity index (χ2v) is 7.49. The number of aromatic nitrogens is 1. The molecule has 2 fully saturated rings. The van der Waals surface area contributed by atoms with Crippen molar-refractivity contribution in [1.29, 1.82) is 0 Å². The molecule has 1 aromatic rings. The van der Waals surface area contributed by atoms with Crippen LogP contribution < -0.4 is 5.32 Å². The van der Waals surface area contributed by atoms with Crippen molar-refractivity contribution in [3.8, 4) is 0 Å². The molecular formula is C17H26N2. The first-order valence-electron chi connectivity index (χ1n) is 7.60. The quantitative estimate of drug-likeness (QED) is 0.888. The summed E-state index contributed by atoms with van der Waals surface area (Å²) in [5.41, 5.74) is 2.05. The monoisotopic (exact) mass is 258 g/mol. The fourth-order valence-electron chi connectivity index (χ4n) is 4.69. The molecule has 0 spiro atoms. The molecule has 19 heavy (non-hydrogen) atoms. The van der Waals surface area contributed by atoms with Crippen molar-refractivity contribution in [3.05, 3.63) is 30.1 Å². The van der Waals surface area contributed by atoms with E-state index in [0.29, 0.717) is 22.9 Å². The second-order valence-electron chi connectivity index (χ2n) is 7.49. The Balaban J connectivity index is 1.80. The van der Waals surface area contributed by atoms with Gasteiger partial charge in [-0.2, -0.15) is 0 Å². The van der Waals surface area contributed by atoms with E-state index < -0.39 is 0 Å². The summed E-state index contributed by atoms with van der Waals surface area (Å²) >= 11 is 0. The summed E-state index contributed by atoms with van der Waals surface area (Å²) < 4.78 is 0. The van der Waals surface area contributed by atoms with Crippen LogP contribution in [0.15, 0.2) is 24.4 Å². The van der Waals surface area contributed by atoms with Gasteiger partial charge in [0.05, 0.1) is 5.69 Å². The molecule has 104 valence electrons. The van der Waals surface area contributed by atoms with Gasteiger partial charge >= 0.3 is 0 Å². The van der Waals surface area contributed by atoms with Gasteiger partial charge < -0.3 is 5.32 Å². The summed E-state index contributed by atoms with van der Waals surface area (Å²) in [6, 6.07) is 7.13. The van der Waals surface area contributed by atoms with E-state index in [4.69, 9.17) is 0 Å². The van der Waals surface area contributed by atoms with Crippen LogP contribution in [0.2, 0.25) is 0 Å². The molecular weight excluding hydrogens is 232 g/mol. The summed E-state index contributed by atoms with van der Waals surface area (Å²) in [6.07, 6.45) is 6.08. The highest BCUT2D eigenvalue weighted by Gasteiger charge is 2.59. The van der Waals surface area contributed by atoms with Crippen LogP contribution in [0.25, 0.3) is 0 Å². The Bertz CT molecular complexity index is 449. The zero-order valence-electron chi connectivity index (χ0n) is 12.6. The standard InChI is InChI=1S/C17H26N2/c1-12(14-7-5-6-10-18-14)19-15-16(2,3)13-8-9-17(15,4)11-13/h5-7,10,12-13,15,19H,8-9,11H2,1-4H3/t12-,13-,15?,17+/m0/s1. The van der Waals surface area contributed by atoms with Crippen molar-refractivity contribution >= 4 is 0 Å². The lowest BCUT2D eigenvalue weighted by Crippen LogP contribution is -2.51. The van der Waals surface area contributed by atoms with Gasteiger partial charge in [0.2, 0.25) is 0 Å². The highest BCUT2D eigenvalue weighted by molar-refractivity contribution is 5.15.